The van der Waals surface area contributed by atoms with Crippen LogP contribution in [0, 0.1) is 6.92 Å². The van der Waals surface area contributed by atoms with Crippen molar-refractivity contribution in [1.29, 1.82) is 0 Å². The van der Waals surface area contributed by atoms with Crippen molar-refractivity contribution < 1.29 is 0 Å². The Kier molecular flexibility index (Phi) is 3.11. The van der Waals surface area contributed by atoms with Crippen LogP contribution in [0.2, 0.25) is 0 Å². The van der Waals surface area contributed by atoms with Gasteiger partial charge in [-0.05, 0) is 49.9 Å². The van der Waals surface area contributed by atoms with Crippen LogP contribution in [0.4, 0.5) is 0 Å². The van der Waals surface area contributed by atoms with Crippen molar-refractivity contribution in [3.8, 4) is 0 Å². The SMILES string of the molecule is Cc1cc2cc(C(C)(C)N3CCNCC3)ccc2[nH]1. The van der Waals surface area contributed by atoms with E-state index in [-0.39, 0.29) is 5.54 Å². The van der Waals surface area contributed by atoms with Gasteiger partial charge in [-0.1, -0.05) is 6.07 Å². The molecule has 19 heavy (non-hydrogen) atoms. The Balaban J connectivity index is 1.96. The summed E-state index contributed by atoms with van der Waals surface area (Å²) in [4.78, 5) is 5.97. The molecular formula is C16H23N3. The number of hydrogen-bond acceptors (Lipinski definition) is 2. The smallest absolute Gasteiger partial charge is 0.0456 e. The first kappa shape index (κ1) is 12.7. The summed E-state index contributed by atoms with van der Waals surface area (Å²) in [6, 6.07) is 9.04. The summed E-state index contributed by atoms with van der Waals surface area (Å²) in [6.45, 7) is 11.2. The predicted octanol–water partition coefficient (Wildman–Crippen LogP) is 2.62. The minimum absolute atomic E-state index is 0.0987. The van der Waals surface area contributed by atoms with E-state index >= 15 is 0 Å². The number of rotatable bonds is 2. The first-order valence-corrected chi connectivity index (χ1v) is 7.13. The lowest BCUT2D eigenvalue weighted by molar-refractivity contribution is 0.103. The Morgan fingerprint density at radius 3 is 2.58 bits per heavy atom. The molecule has 1 aromatic carbocycles. The fourth-order valence-electron chi connectivity index (χ4n) is 3.06. The average molecular weight is 257 g/mol. The molecular weight excluding hydrogens is 234 g/mol. The van der Waals surface area contributed by atoms with Gasteiger partial charge in [-0.25, -0.2) is 0 Å². The van der Waals surface area contributed by atoms with Crippen molar-refractivity contribution in [3.05, 3.63) is 35.5 Å². The fourth-order valence-corrected chi connectivity index (χ4v) is 3.06. The maximum Gasteiger partial charge on any atom is 0.0456 e. The second kappa shape index (κ2) is 4.66. The second-order valence-electron chi connectivity index (χ2n) is 6.05. The third kappa shape index (κ3) is 2.28. The number of aromatic amines is 1. The molecule has 3 nitrogen and oxygen atoms in total. The third-order valence-corrected chi connectivity index (χ3v) is 4.37. The number of fused-ring (bicyclic) bond motifs is 1. The van der Waals surface area contributed by atoms with Gasteiger partial charge in [0.2, 0.25) is 0 Å². The number of aromatic nitrogens is 1. The van der Waals surface area contributed by atoms with Gasteiger partial charge < -0.3 is 10.3 Å². The van der Waals surface area contributed by atoms with Crippen LogP contribution in [0.25, 0.3) is 10.9 Å². The summed E-state index contributed by atoms with van der Waals surface area (Å²) in [7, 11) is 0. The highest BCUT2D eigenvalue weighted by Crippen LogP contribution is 2.30. The fraction of sp³-hybridized carbons (Fsp3) is 0.500. The molecule has 1 aliphatic rings. The summed E-state index contributed by atoms with van der Waals surface area (Å²) in [5.41, 5.74) is 3.96. The van der Waals surface area contributed by atoms with Crippen molar-refractivity contribution in [1.82, 2.24) is 15.2 Å². The van der Waals surface area contributed by atoms with Gasteiger partial charge in [-0.3, -0.25) is 4.90 Å². The second-order valence-corrected chi connectivity index (χ2v) is 6.05. The van der Waals surface area contributed by atoms with Crippen LogP contribution in [-0.2, 0) is 5.54 Å². The Labute approximate surface area is 115 Å². The van der Waals surface area contributed by atoms with Crippen molar-refractivity contribution >= 4 is 10.9 Å². The molecule has 0 unspecified atom stereocenters. The zero-order chi connectivity index (χ0) is 13.5. The lowest BCUT2D eigenvalue weighted by Gasteiger charge is -2.41. The molecule has 2 aromatic rings. The van der Waals surface area contributed by atoms with Gasteiger partial charge in [0.15, 0.2) is 0 Å². The van der Waals surface area contributed by atoms with Gasteiger partial charge in [-0.15, -0.1) is 0 Å². The lowest BCUT2D eigenvalue weighted by Crippen LogP contribution is -2.51. The largest absolute Gasteiger partial charge is 0.359 e. The molecule has 0 aliphatic carbocycles. The topological polar surface area (TPSA) is 31.1 Å². The Morgan fingerprint density at radius 1 is 1.11 bits per heavy atom. The number of piperazine rings is 1. The van der Waals surface area contributed by atoms with E-state index in [1.807, 2.05) is 0 Å². The molecule has 0 amide bonds. The summed E-state index contributed by atoms with van der Waals surface area (Å²) < 4.78 is 0. The molecule has 0 saturated carbocycles. The summed E-state index contributed by atoms with van der Waals surface area (Å²) in [5.74, 6) is 0. The predicted molar refractivity (Wildman–Crippen MR) is 80.5 cm³/mol. The molecule has 2 N–H and O–H groups in total. The number of benzene rings is 1. The van der Waals surface area contributed by atoms with E-state index in [9.17, 15) is 0 Å². The zero-order valence-electron chi connectivity index (χ0n) is 12.1. The summed E-state index contributed by atoms with van der Waals surface area (Å²) in [6.07, 6.45) is 0. The van der Waals surface area contributed by atoms with Crippen LogP contribution in [0.3, 0.4) is 0 Å². The Morgan fingerprint density at radius 2 is 1.84 bits per heavy atom. The molecule has 0 atom stereocenters. The van der Waals surface area contributed by atoms with Crippen molar-refractivity contribution in [3.63, 3.8) is 0 Å². The van der Waals surface area contributed by atoms with Crippen molar-refractivity contribution in [2.45, 2.75) is 26.3 Å². The maximum absolute atomic E-state index is 3.42. The van der Waals surface area contributed by atoms with Gasteiger partial charge in [0, 0.05) is 42.9 Å². The first-order chi connectivity index (χ1) is 9.07. The van der Waals surface area contributed by atoms with Crippen LogP contribution in [0.15, 0.2) is 24.3 Å². The van der Waals surface area contributed by atoms with Gasteiger partial charge >= 0.3 is 0 Å². The summed E-state index contributed by atoms with van der Waals surface area (Å²) in [5, 5.41) is 4.74. The molecule has 1 fully saturated rings. The Hall–Kier alpha value is -1.32. The van der Waals surface area contributed by atoms with Crippen LogP contribution < -0.4 is 5.32 Å². The average Bonchev–Trinajstić information content (AvgIpc) is 2.78. The van der Waals surface area contributed by atoms with Gasteiger partial charge in [0.25, 0.3) is 0 Å². The van der Waals surface area contributed by atoms with E-state index in [1.165, 1.54) is 22.2 Å². The van der Waals surface area contributed by atoms with Gasteiger partial charge in [0.05, 0.1) is 0 Å². The number of hydrogen-bond donors (Lipinski definition) is 2. The van der Waals surface area contributed by atoms with E-state index in [1.54, 1.807) is 0 Å². The highest BCUT2D eigenvalue weighted by molar-refractivity contribution is 5.81. The van der Waals surface area contributed by atoms with E-state index in [0.29, 0.717) is 0 Å². The molecule has 3 rings (SSSR count). The number of aryl methyl sites for hydroxylation is 1. The number of nitrogens with one attached hydrogen (secondary N) is 2. The molecule has 1 saturated heterocycles. The van der Waals surface area contributed by atoms with Crippen molar-refractivity contribution in [2.24, 2.45) is 0 Å². The van der Waals surface area contributed by atoms with Gasteiger partial charge in [0.1, 0.15) is 0 Å². The molecule has 3 heteroatoms. The van der Waals surface area contributed by atoms with E-state index in [4.69, 9.17) is 0 Å². The quantitative estimate of drug-likeness (QED) is 0.866. The number of nitrogens with zero attached hydrogens (tertiary/aromatic N) is 1. The molecule has 102 valence electrons. The monoisotopic (exact) mass is 257 g/mol. The van der Waals surface area contributed by atoms with Crippen molar-refractivity contribution in [2.75, 3.05) is 26.2 Å². The van der Waals surface area contributed by atoms with Gasteiger partial charge in [-0.2, -0.15) is 0 Å². The molecule has 2 heterocycles. The van der Waals surface area contributed by atoms with Crippen LogP contribution >= 0.6 is 0 Å². The highest BCUT2D eigenvalue weighted by Gasteiger charge is 2.29. The number of H-pyrrole nitrogens is 1. The van der Waals surface area contributed by atoms with E-state index < -0.39 is 0 Å². The normalized spacial score (nSPS) is 18.1. The highest BCUT2D eigenvalue weighted by atomic mass is 15.2. The van der Waals surface area contributed by atoms with E-state index in [2.05, 4.69) is 60.2 Å². The van der Waals surface area contributed by atoms with Crippen LogP contribution in [0.5, 0.6) is 0 Å². The summed E-state index contributed by atoms with van der Waals surface area (Å²) >= 11 is 0. The third-order valence-electron chi connectivity index (χ3n) is 4.37. The minimum Gasteiger partial charge on any atom is -0.359 e. The van der Waals surface area contributed by atoms with Crippen LogP contribution in [0.1, 0.15) is 25.1 Å². The minimum atomic E-state index is 0.0987. The molecule has 0 bridgehead atoms. The zero-order valence-corrected chi connectivity index (χ0v) is 12.1. The molecule has 1 aliphatic heterocycles. The van der Waals surface area contributed by atoms with E-state index in [0.717, 1.165) is 26.2 Å². The molecule has 0 spiro atoms. The Bertz CT molecular complexity index is 577. The van der Waals surface area contributed by atoms with Crippen LogP contribution in [-0.4, -0.2) is 36.1 Å². The molecule has 0 radical (unpaired) electrons. The standard InChI is InChI=1S/C16H23N3/c1-12-10-13-11-14(4-5-15(13)18-12)16(2,3)19-8-6-17-7-9-19/h4-5,10-11,17-18H,6-9H2,1-3H3. The maximum atomic E-state index is 3.42. The first-order valence-electron chi connectivity index (χ1n) is 7.13. The lowest BCUT2D eigenvalue weighted by atomic mass is 9.90. The molecule has 1 aromatic heterocycles.